The van der Waals surface area contributed by atoms with E-state index in [2.05, 4.69) is 20.5 Å². The standard InChI is InChI=1S/C24H31N5O8S/c1-15-21(16(2)37-27-15)38(33,34)29-11-10-28(14-20(29)22(30)25-13-19-5-4-12-36-19)24(32)26-18-8-6-17(7-9-18)23(31)35-3/h6-9,19-20H,4-5,10-14H2,1-3H3,(H,25,30)(H,26,32). The summed E-state index contributed by atoms with van der Waals surface area (Å²) in [6.45, 7) is 3.63. The molecule has 2 aliphatic rings. The van der Waals surface area contributed by atoms with E-state index in [9.17, 15) is 22.8 Å². The van der Waals surface area contributed by atoms with Crippen molar-refractivity contribution in [2.75, 3.05) is 45.2 Å². The van der Waals surface area contributed by atoms with Gasteiger partial charge in [0, 0.05) is 38.5 Å². The SMILES string of the molecule is COC(=O)c1ccc(NC(=O)N2CCN(S(=O)(=O)c3c(C)noc3C)C(C(=O)NCC3CCCO3)C2)cc1. The van der Waals surface area contributed by atoms with Crippen LogP contribution in [0.4, 0.5) is 10.5 Å². The van der Waals surface area contributed by atoms with Crippen molar-refractivity contribution in [3.63, 3.8) is 0 Å². The molecule has 2 saturated heterocycles. The zero-order valence-corrected chi connectivity index (χ0v) is 22.2. The highest BCUT2D eigenvalue weighted by atomic mass is 32.2. The summed E-state index contributed by atoms with van der Waals surface area (Å²) in [5, 5.41) is 9.26. The quantitative estimate of drug-likeness (QED) is 0.485. The zero-order valence-electron chi connectivity index (χ0n) is 21.4. The number of piperazine rings is 1. The molecular formula is C24H31N5O8S. The summed E-state index contributed by atoms with van der Waals surface area (Å²) in [6, 6.07) is 4.43. The molecule has 3 amide bonds. The number of amides is 3. The third-order valence-corrected chi connectivity index (χ3v) is 8.69. The van der Waals surface area contributed by atoms with Gasteiger partial charge in [-0.05, 0) is 51.0 Å². The molecule has 1 aromatic heterocycles. The van der Waals surface area contributed by atoms with E-state index in [1.165, 1.54) is 38.0 Å². The number of sulfonamides is 1. The molecule has 206 valence electrons. The number of nitrogens with zero attached hydrogens (tertiary/aromatic N) is 3. The van der Waals surface area contributed by atoms with E-state index >= 15 is 0 Å². The van der Waals surface area contributed by atoms with Gasteiger partial charge in [-0.3, -0.25) is 4.79 Å². The fraction of sp³-hybridized carbons (Fsp3) is 0.500. The molecule has 2 N–H and O–H groups in total. The highest BCUT2D eigenvalue weighted by Crippen LogP contribution is 2.27. The summed E-state index contributed by atoms with van der Waals surface area (Å²) in [4.78, 5) is 39.3. The number of methoxy groups -OCH3 is 1. The third kappa shape index (κ3) is 5.81. The van der Waals surface area contributed by atoms with Crippen LogP contribution in [0.1, 0.15) is 34.7 Å². The lowest BCUT2D eigenvalue weighted by molar-refractivity contribution is -0.126. The van der Waals surface area contributed by atoms with Crippen molar-refractivity contribution in [3.05, 3.63) is 41.3 Å². The largest absolute Gasteiger partial charge is 0.465 e. The van der Waals surface area contributed by atoms with E-state index in [-0.39, 0.29) is 48.6 Å². The summed E-state index contributed by atoms with van der Waals surface area (Å²) >= 11 is 0. The van der Waals surface area contributed by atoms with Crippen molar-refractivity contribution < 1.29 is 36.8 Å². The maximum atomic E-state index is 13.6. The number of aryl methyl sites for hydroxylation is 2. The van der Waals surface area contributed by atoms with Gasteiger partial charge >= 0.3 is 12.0 Å². The van der Waals surface area contributed by atoms with Gasteiger partial charge in [-0.2, -0.15) is 4.31 Å². The number of nitrogens with one attached hydrogen (secondary N) is 2. The number of ether oxygens (including phenoxy) is 2. The van der Waals surface area contributed by atoms with Crippen LogP contribution in [0, 0.1) is 13.8 Å². The number of carbonyl (C=O) groups excluding carboxylic acids is 3. The first kappa shape index (κ1) is 27.5. The minimum atomic E-state index is -4.15. The van der Waals surface area contributed by atoms with Crippen LogP contribution in [0.2, 0.25) is 0 Å². The van der Waals surface area contributed by atoms with Gasteiger partial charge in [0.25, 0.3) is 0 Å². The number of aromatic nitrogens is 1. The van der Waals surface area contributed by atoms with Gasteiger partial charge < -0.3 is 29.5 Å². The van der Waals surface area contributed by atoms with Gasteiger partial charge in [0.1, 0.15) is 16.6 Å². The molecule has 0 spiro atoms. The van der Waals surface area contributed by atoms with E-state index in [0.717, 1.165) is 17.1 Å². The van der Waals surface area contributed by atoms with Crippen LogP contribution in [0.15, 0.2) is 33.7 Å². The summed E-state index contributed by atoms with van der Waals surface area (Å²) < 4.78 is 43.6. The summed E-state index contributed by atoms with van der Waals surface area (Å²) in [6.07, 6.45) is 1.56. The Balaban J connectivity index is 1.52. The average Bonchev–Trinajstić information content (AvgIpc) is 3.56. The molecule has 0 aliphatic carbocycles. The lowest BCUT2D eigenvalue weighted by Gasteiger charge is -2.39. The van der Waals surface area contributed by atoms with Crippen LogP contribution in [0.3, 0.4) is 0 Å². The maximum absolute atomic E-state index is 13.6. The number of carbonyl (C=O) groups is 3. The van der Waals surface area contributed by atoms with Crippen LogP contribution in [0.5, 0.6) is 0 Å². The second-order valence-electron chi connectivity index (χ2n) is 9.11. The van der Waals surface area contributed by atoms with E-state index in [1.807, 2.05) is 0 Å². The lowest BCUT2D eigenvalue weighted by Crippen LogP contribution is -2.62. The summed E-state index contributed by atoms with van der Waals surface area (Å²) in [5.41, 5.74) is 0.941. The van der Waals surface area contributed by atoms with Gasteiger partial charge in [-0.15, -0.1) is 0 Å². The van der Waals surface area contributed by atoms with E-state index < -0.39 is 34.0 Å². The number of hydrogen-bond acceptors (Lipinski definition) is 9. The summed E-state index contributed by atoms with van der Waals surface area (Å²) in [5.74, 6) is -0.914. The molecule has 14 heteroatoms. The van der Waals surface area contributed by atoms with E-state index in [4.69, 9.17) is 9.26 Å². The molecular weight excluding hydrogens is 518 g/mol. The average molecular weight is 550 g/mol. The van der Waals surface area contributed by atoms with Gasteiger partial charge in [0.2, 0.25) is 15.9 Å². The minimum Gasteiger partial charge on any atom is -0.465 e. The Morgan fingerprint density at radius 1 is 1.16 bits per heavy atom. The molecule has 2 aliphatic heterocycles. The van der Waals surface area contributed by atoms with Crippen molar-refractivity contribution in [2.24, 2.45) is 0 Å². The third-order valence-electron chi connectivity index (χ3n) is 6.54. The molecule has 4 rings (SSSR count). The Labute approximate surface area is 220 Å². The maximum Gasteiger partial charge on any atom is 0.337 e. The monoisotopic (exact) mass is 549 g/mol. The number of urea groups is 1. The van der Waals surface area contributed by atoms with Crippen LogP contribution in [-0.2, 0) is 24.3 Å². The number of esters is 1. The van der Waals surface area contributed by atoms with Crippen molar-refractivity contribution >= 4 is 33.6 Å². The molecule has 2 aromatic rings. The van der Waals surface area contributed by atoms with Gasteiger partial charge in [-0.1, -0.05) is 5.16 Å². The Morgan fingerprint density at radius 2 is 1.89 bits per heavy atom. The van der Waals surface area contributed by atoms with Crippen molar-refractivity contribution in [1.29, 1.82) is 0 Å². The van der Waals surface area contributed by atoms with Crippen LogP contribution in [-0.4, -0.2) is 92.7 Å². The molecule has 2 fully saturated rings. The second kappa shape index (κ2) is 11.5. The predicted octanol–water partition coefficient (Wildman–Crippen LogP) is 1.28. The van der Waals surface area contributed by atoms with Crippen LogP contribution < -0.4 is 10.6 Å². The van der Waals surface area contributed by atoms with Gasteiger partial charge in [0.15, 0.2) is 5.76 Å². The van der Waals surface area contributed by atoms with E-state index in [1.54, 1.807) is 12.1 Å². The first-order valence-corrected chi connectivity index (χ1v) is 13.6. The lowest BCUT2D eigenvalue weighted by atomic mass is 10.2. The van der Waals surface area contributed by atoms with E-state index in [0.29, 0.717) is 17.9 Å². The van der Waals surface area contributed by atoms with Crippen molar-refractivity contribution in [1.82, 2.24) is 19.7 Å². The molecule has 3 heterocycles. The van der Waals surface area contributed by atoms with Gasteiger partial charge in [0.05, 0.1) is 18.8 Å². The molecule has 2 atom stereocenters. The fourth-order valence-electron chi connectivity index (χ4n) is 4.56. The first-order chi connectivity index (χ1) is 18.1. The molecule has 0 bridgehead atoms. The smallest absolute Gasteiger partial charge is 0.337 e. The molecule has 13 nitrogen and oxygen atoms in total. The predicted molar refractivity (Wildman–Crippen MR) is 134 cm³/mol. The molecule has 0 saturated carbocycles. The highest BCUT2D eigenvalue weighted by molar-refractivity contribution is 7.89. The first-order valence-electron chi connectivity index (χ1n) is 12.2. The number of anilines is 1. The Kier molecular flexibility index (Phi) is 8.33. The summed E-state index contributed by atoms with van der Waals surface area (Å²) in [7, 11) is -2.88. The zero-order chi connectivity index (χ0) is 27.4. The topological polar surface area (TPSA) is 160 Å². The molecule has 2 unspecified atom stereocenters. The van der Waals surface area contributed by atoms with Crippen molar-refractivity contribution in [2.45, 2.75) is 43.7 Å². The highest BCUT2D eigenvalue weighted by Gasteiger charge is 2.43. The fourth-order valence-corrected chi connectivity index (χ4v) is 6.42. The normalized spacial score (nSPS) is 20.2. The molecule has 0 radical (unpaired) electrons. The number of benzene rings is 1. The molecule has 38 heavy (non-hydrogen) atoms. The Bertz CT molecular complexity index is 1270. The number of rotatable bonds is 7. The Morgan fingerprint density at radius 3 is 2.50 bits per heavy atom. The van der Waals surface area contributed by atoms with Crippen LogP contribution >= 0.6 is 0 Å². The number of hydrogen-bond donors (Lipinski definition) is 2. The molecule has 1 aromatic carbocycles. The van der Waals surface area contributed by atoms with Crippen LogP contribution in [0.25, 0.3) is 0 Å². The van der Waals surface area contributed by atoms with Gasteiger partial charge in [-0.25, -0.2) is 18.0 Å². The minimum absolute atomic E-state index is 0.0458. The Hall–Kier alpha value is -3.49. The second-order valence-corrected chi connectivity index (χ2v) is 10.9. The van der Waals surface area contributed by atoms with Crippen molar-refractivity contribution in [3.8, 4) is 0 Å².